The lowest BCUT2D eigenvalue weighted by atomic mass is 10.2. The van der Waals surface area contributed by atoms with Gasteiger partial charge in [0.15, 0.2) is 0 Å². The first kappa shape index (κ1) is 14.3. The number of fused-ring (bicyclic) bond motifs is 1. The highest BCUT2D eigenvalue weighted by Gasteiger charge is 2.18. The Kier molecular flexibility index (Phi) is 3.91. The quantitative estimate of drug-likeness (QED) is 0.723. The normalized spacial score (nSPS) is 11.9. The number of nitrogens with one attached hydrogen (secondary N) is 2. The summed E-state index contributed by atoms with van der Waals surface area (Å²) in [6, 6.07) is 4.96. The molecule has 1 heterocycles. The van der Waals surface area contributed by atoms with Gasteiger partial charge in [0.05, 0.1) is 23.8 Å². The number of aromatic amines is 1. The van der Waals surface area contributed by atoms with E-state index in [1.54, 1.807) is 24.4 Å². The van der Waals surface area contributed by atoms with E-state index in [0.717, 1.165) is 9.69 Å². The number of carbonyl (C=O) groups is 1. The minimum absolute atomic E-state index is 0.100. The van der Waals surface area contributed by atoms with Crippen LogP contribution in [0.5, 0.6) is 0 Å². The lowest BCUT2D eigenvalue weighted by Gasteiger charge is -2.17. The highest BCUT2D eigenvalue weighted by molar-refractivity contribution is 7.90. The Morgan fingerprint density at radius 1 is 1.50 bits per heavy atom. The highest BCUT2D eigenvalue weighted by atomic mass is 32.2. The van der Waals surface area contributed by atoms with Crippen molar-refractivity contribution >= 4 is 32.8 Å². The van der Waals surface area contributed by atoms with Crippen LogP contribution in [0.15, 0.2) is 24.4 Å². The van der Waals surface area contributed by atoms with Crippen molar-refractivity contribution in [2.45, 2.75) is 6.42 Å². The number of carboxylic acids is 1. The lowest BCUT2D eigenvalue weighted by molar-refractivity contribution is -0.137. The molecule has 0 amide bonds. The number of H-pyrrole nitrogens is 1. The van der Waals surface area contributed by atoms with Crippen molar-refractivity contribution in [2.24, 2.45) is 0 Å². The van der Waals surface area contributed by atoms with Gasteiger partial charge in [-0.15, -0.1) is 0 Å². The number of anilines is 1. The van der Waals surface area contributed by atoms with Gasteiger partial charge in [-0.05, 0) is 18.2 Å². The molecule has 0 bridgehead atoms. The fraction of sp³-hybridized carbons (Fsp3) is 0.273. The van der Waals surface area contributed by atoms with Crippen molar-refractivity contribution < 1.29 is 18.3 Å². The number of aliphatic carboxylic acids is 1. The number of rotatable bonds is 6. The van der Waals surface area contributed by atoms with Crippen LogP contribution in [0.25, 0.3) is 10.9 Å². The Morgan fingerprint density at radius 3 is 2.95 bits per heavy atom. The number of nitrogens with zero attached hydrogens (tertiary/aromatic N) is 2. The maximum atomic E-state index is 12.0. The summed E-state index contributed by atoms with van der Waals surface area (Å²) < 4.78 is 27.3. The fourth-order valence-electron chi connectivity index (χ4n) is 1.60. The third-order valence-electron chi connectivity index (χ3n) is 2.74. The van der Waals surface area contributed by atoms with Crippen molar-refractivity contribution in [3.05, 3.63) is 24.4 Å². The monoisotopic (exact) mass is 298 g/mol. The van der Waals surface area contributed by atoms with Gasteiger partial charge in [-0.1, -0.05) is 0 Å². The zero-order chi connectivity index (χ0) is 14.8. The smallest absolute Gasteiger partial charge is 0.304 e. The van der Waals surface area contributed by atoms with Crippen LogP contribution in [0, 0.1) is 0 Å². The molecule has 0 saturated carbocycles. The van der Waals surface area contributed by atoms with Gasteiger partial charge in [-0.3, -0.25) is 14.6 Å². The summed E-state index contributed by atoms with van der Waals surface area (Å²) in [5.74, 6) is -1.05. The van der Waals surface area contributed by atoms with Gasteiger partial charge in [0.2, 0.25) is 0 Å². The van der Waals surface area contributed by atoms with Crippen molar-refractivity contribution in [1.29, 1.82) is 0 Å². The Balaban J connectivity index is 2.12. The molecule has 0 aliphatic rings. The lowest BCUT2D eigenvalue weighted by Crippen LogP contribution is -2.34. The minimum Gasteiger partial charge on any atom is -0.481 e. The van der Waals surface area contributed by atoms with Gasteiger partial charge in [-0.2, -0.15) is 17.8 Å². The van der Waals surface area contributed by atoms with E-state index in [-0.39, 0.29) is 13.0 Å². The summed E-state index contributed by atoms with van der Waals surface area (Å²) in [5, 5.41) is 16.0. The number of aromatic nitrogens is 2. The topological polar surface area (TPSA) is 115 Å². The van der Waals surface area contributed by atoms with Crippen molar-refractivity contribution in [2.75, 3.05) is 18.3 Å². The zero-order valence-electron chi connectivity index (χ0n) is 10.7. The van der Waals surface area contributed by atoms with Gasteiger partial charge >= 0.3 is 16.2 Å². The molecule has 0 fully saturated rings. The van der Waals surface area contributed by atoms with Crippen LogP contribution in [0.1, 0.15) is 6.42 Å². The molecule has 1 aromatic heterocycles. The highest BCUT2D eigenvalue weighted by Crippen LogP contribution is 2.18. The molecule has 9 heteroatoms. The molecule has 8 nitrogen and oxygen atoms in total. The molecule has 108 valence electrons. The summed E-state index contributed by atoms with van der Waals surface area (Å²) in [6.45, 7) is -0.100. The van der Waals surface area contributed by atoms with Crippen molar-refractivity contribution in [1.82, 2.24) is 14.5 Å². The van der Waals surface area contributed by atoms with Gasteiger partial charge in [-0.25, -0.2) is 0 Å². The van der Waals surface area contributed by atoms with Gasteiger partial charge < -0.3 is 5.11 Å². The largest absolute Gasteiger partial charge is 0.481 e. The standard InChI is InChI=1S/C11H14N4O4S/c1-15(5-4-11(16)17)20(18,19)14-9-3-2-8-7-12-13-10(8)6-9/h2-3,6-7,14H,4-5H2,1H3,(H,12,13)(H,16,17). The van der Waals surface area contributed by atoms with E-state index in [4.69, 9.17) is 5.11 Å². The summed E-state index contributed by atoms with van der Waals surface area (Å²) in [7, 11) is -2.46. The van der Waals surface area contributed by atoms with Crippen LogP contribution < -0.4 is 4.72 Å². The maximum absolute atomic E-state index is 12.0. The zero-order valence-corrected chi connectivity index (χ0v) is 11.5. The second kappa shape index (κ2) is 5.47. The Hall–Kier alpha value is -2.13. The first-order valence-electron chi connectivity index (χ1n) is 5.77. The van der Waals surface area contributed by atoms with E-state index in [2.05, 4.69) is 14.9 Å². The van der Waals surface area contributed by atoms with Crippen LogP contribution in [-0.4, -0.2) is 47.6 Å². The molecule has 0 aliphatic heterocycles. The SMILES string of the molecule is CN(CCC(=O)O)S(=O)(=O)Nc1ccc2cn[nH]c2c1. The van der Waals surface area contributed by atoms with E-state index in [1.807, 2.05) is 0 Å². The average Bonchev–Trinajstić information content (AvgIpc) is 2.82. The molecule has 0 saturated heterocycles. The first-order chi connectivity index (χ1) is 9.38. The number of benzene rings is 1. The second-order valence-electron chi connectivity index (χ2n) is 4.24. The molecule has 3 N–H and O–H groups in total. The van der Waals surface area contributed by atoms with Gasteiger partial charge in [0.1, 0.15) is 0 Å². The number of hydrogen-bond donors (Lipinski definition) is 3. The molecular weight excluding hydrogens is 284 g/mol. The van der Waals surface area contributed by atoms with E-state index in [9.17, 15) is 13.2 Å². The van der Waals surface area contributed by atoms with Crippen molar-refractivity contribution in [3.63, 3.8) is 0 Å². The van der Waals surface area contributed by atoms with E-state index in [0.29, 0.717) is 11.2 Å². The predicted octanol–water partition coefficient (Wildman–Crippen LogP) is 0.626. The molecule has 1 aromatic carbocycles. The van der Waals surface area contributed by atoms with Crippen LogP contribution in [0.3, 0.4) is 0 Å². The Morgan fingerprint density at radius 2 is 2.25 bits per heavy atom. The van der Waals surface area contributed by atoms with Crippen LogP contribution >= 0.6 is 0 Å². The predicted molar refractivity (Wildman–Crippen MR) is 73.5 cm³/mol. The minimum atomic E-state index is -3.78. The molecule has 0 unspecified atom stereocenters. The molecule has 0 atom stereocenters. The average molecular weight is 298 g/mol. The molecule has 0 radical (unpaired) electrons. The van der Waals surface area contributed by atoms with Gasteiger partial charge in [0, 0.05) is 19.0 Å². The fourth-order valence-corrected chi connectivity index (χ4v) is 2.51. The summed E-state index contributed by atoms with van der Waals surface area (Å²) in [5.41, 5.74) is 1.09. The number of hydrogen-bond acceptors (Lipinski definition) is 4. The van der Waals surface area contributed by atoms with Crippen LogP contribution in [0.4, 0.5) is 5.69 Å². The van der Waals surface area contributed by atoms with Crippen molar-refractivity contribution in [3.8, 4) is 0 Å². The second-order valence-corrected chi connectivity index (χ2v) is 6.02. The Labute approximate surface area is 115 Å². The van der Waals surface area contributed by atoms with Gasteiger partial charge in [0.25, 0.3) is 0 Å². The summed E-state index contributed by atoms with van der Waals surface area (Å²) in [6.07, 6.45) is 1.38. The molecule has 2 aromatic rings. The van der Waals surface area contributed by atoms with E-state index < -0.39 is 16.2 Å². The molecule has 2 rings (SSSR count). The van der Waals surface area contributed by atoms with Crippen LogP contribution in [0.2, 0.25) is 0 Å². The third kappa shape index (κ3) is 3.25. The molecular formula is C11H14N4O4S. The maximum Gasteiger partial charge on any atom is 0.304 e. The number of carboxylic acid groups (broad SMARTS) is 1. The molecule has 0 aliphatic carbocycles. The van der Waals surface area contributed by atoms with E-state index in [1.165, 1.54) is 7.05 Å². The summed E-state index contributed by atoms with van der Waals surface area (Å²) in [4.78, 5) is 10.5. The molecule has 20 heavy (non-hydrogen) atoms. The summed E-state index contributed by atoms with van der Waals surface area (Å²) >= 11 is 0. The first-order valence-corrected chi connectivity index (χ1v) is 7.21. The molecule has 0 spiro atoms. The van der Waals surface area contributed by atoms with Crippen LogP contribution in [-0.2, 0) is 15.0 Å². The van der Waals surface area contributed by atoms with E-state index >= 15 is 0 Å². The Bertz CT molecular complexity index is 725. The third-order valence-corrected chi connectivity index (χ3v) is 4.24.